The van der Waals surface area contributed by atoms with Crippen LogP contribution in [0.2, 0.25) is 0 Å². The van der Waals surface area contributed by atoms with E-state index in [1.54, 1.807) is 14.2 Å². The Morgan fingerprint density at radius 3 is 2.69 bits per heavy atom. The van der Waals surface area contributed by atoms with E-state index in [0.29, 0.717) is 24.3 Å². The number of nitrogens with one attached hydrogen (secondary N) is 1. The molecule has 3 rings (SSSR count). The third kappa shape index (κ3) is 3.70. The van der Waals surface area contributed by atoms with Gasteiger partial charge in [0.15, 0.2) is 5.76 Å². The number of amides is 1. The summed E-state index contributed by atoms with van der Waals surface area (Å²) in [5.74, 6) is 1.60. The van der Waals surface area contributed by atoms with Gasteiger partial charge in [-0.3, -0.25) is 4.79 Å². The van der Waals surface area contributed by atoms with Gasteiger partial charge in [0.05, 0.1) is 14.2 Å². The smallest absolute Gasteiger partial charge is 0.287 e. The number of rotatable bonds is 6. The number of fused-ring (bicyclic) bond motifs is 1. The molecule has 6 heteroatoms. The van der Waals surface area contributed by atoms with Gasteiger partial charge in [0.1, 0.15) is 17.1 Å². The molecule has 0 spiro atoms. The molecule has 1 N–H and O–H groups in total. The van der Waals surface area contributed by atoms with Crippen LogP contribution in [0, 0.1) is 6.92 Å². The summed E-state index contributed by atoms with van der Waals surface area (Å²) >= 11 is 3.44. The summed E-state index contributed by atoms with van der Waals surface area (Å²) in [4.78, 5) is 12.5. The first-order chi connectivity index (χ1) is 12.5. The first-order valence-corrected chi connectivity index (χ1v) is 9.00. The fourth-order valence-corrected chi connectivity index (χ4v) is 3.22. The minimum absolute atomic E-state index is 0.220. The third-order valence-corrected chi connectivity index (χ3v) is 4.77. The number of hydrogen-bond donors (Lipinski definition) is 1. The summed E-state index contributed by atoms with van der Waals surface area (Å²) < 4.78 is 17.3. The van der Waals surface area contributed by atoms with E-state index in [1.807, 2.05) is 43.3 Å². The first-order valence-electron chi connectivity index (χ1n) is 8.21. The van der Waals surface area contributed by atoms with Gasteiger partial charge in [0.25, 0.3) is 5.91 Å². The molecule has 1 aromatic heterocycles. The molecular weight excluding hydrogens is 398 g/mol. The van der Waals surface area contributed by atoms with E-state index in [4.69, 9.17) is 13.9 Å². The fourth-order valence-electron chi connectivity index (χ4n) is 2.86. The van der Waals surface area contributed by atoms with E-state index in [-0.39, 0.29) is 5.91 Å². The van der Waals surface area contributed by atoms with Gasteiger partial charge in [-0.25, -0.2) is 0 Å². The Balaban J connectivity index is 1.69. The standard InChI is InChI=1S/C20H20BrNO4/c1-12-16-10-14(21)5-7-17(16)26-19(12)20(23)22-9-8-13-4-6-15(24-2)11-18(13)25-3/h4-7,10-11H,8-9H2,1-3H3,(H,22,23). The molecule has 0 saturated carbocycles. The molecule has 1 amide bonds. The van der Waals surface area contributed by atoms with Crippen molar-refractivity contribution in [1.82, 2.24) is 5.32 Å². The molecule has 0 atom stereocenters. The number of benzene rings is 2. The van der Waals surface area contributed by atoms with Crippen molar-refractivity contribution in [1.29, 1.82) is 0 Å². The van der Waals surface area contributed by atoms with Crippen molar-refractivity contribution in [2.24, 2.45) is 0 Å². The minimum Gasteiger partial charge on any atom is -0.497 e. The lowest BCUT2D eigenvalue weighted by molar-refractivity contribution is 0.0927. The van der Waals surface area contributed by atoms with Gasteiger partial charge in [0.2, 0.25) is 0 Å². The molecule has 0 fully saturated rings. The number of halogens is 1. The minimum atomic E-state index is -0.220. The van der Waals surface area contributed by atoms with Gasteiger partial charge in [-0.15, -0.1) is 0 Å². The van der Waals surface area contributed by atoms with Crippen molar-refractivity contribution in [3.05, 3.63) is 57.8 Å². The number of aryl methyl sites for hydroxylation is 1. The van der Waals surface area contributed by atoms with Gasteiger partial charge >= 0.3 is 0 Å². The Morgan fingerprint density at radius 1 is 1.15 bits per heavy atom. The number of carbonyl (C=O) groups is 1. The van der Waals surface area contributed by atoms with Crippen molar-refractivity contribution in [3.8, 4) is 11.5 Å². The lowest BCUT2D eigenvalue weighted by Gasteiger charge is -2.10. The average Bonchev–Trinajstić information content (AvgIpc) is 2.98. The zero-order chi connectivity index (χ0) is 18.7. The van der Waals surface area contributed by atoms with Gasteiger partial charge in [0, 0.05) is 28.0 Å². The number of methoxy groups -OCH3 is 2. The Hall–Kier alpha value is -2.47. The van der Waals surface area contributed by atoms with Crippen LogP contribution in [-0.2, 0) is 6.42 Å². The summed E-state index contributed by atoms with van der Waals surface area (Å²) in [6, 6.07) is 11.3. The number of ether oxygens (including phenoxy) is 2. The predicted octanol–water partition coefficient (Wildman–Crippen LogP) is 4.49. The molecule has 0 aliphatic carbocycles. The Bertz CT molecular complexity index is 948. The lowest BCUT2D eigenvalue weighted by Crippen LogP contribution is -2.26. The molecule has 1 heterocycles. The Morgan fingerprint density at radius 2 is 1.96 bits per heavy atom. The molecule has 3 aromatic rings. The van der Waals surface area contributed by atoms with Gasteiger partial charge in [-0.1, -0.05) is 22.0 Å². The SMILES string of the molecule is COc1ccc(CCNC(=O)c2oc3ccc(Br)cc3c2C)c(OC)c1. The first kappa shape index (κ1) is 18.3. The Kier molecular flexibility index (Phi) is 5.52. The van der Waals surface area contributed by atoms with E-state index in [2.05, 4.69) is 21.2 Å². The summed E-state index contributed by atoms with van der Waals surface area (Å²) in [5.41, 5.74) is 2.53. The summed E-state index contributed by atoms with van der Waals surface area (Å²) in [6.07, 6.45) is 0.643. The molecule has 0 aliphatic rings. The quantitative estimate of drug-likeness (QED) is 0.641. The molecule has 0 unspecified atom stereocenters. The van der Waals surface area contributed by atoms with Crippen LogP contribution < -0.4 is 14.8 Å². The van der Waals surface area contributed by atoms with E-state index in [9.17, 15) is 4.79 Å². The maximum absolute atomic E-state index is 12.5. The molecule has 0 bridgehead atoms. The van der Waals surface area contributed by atoms with Crippen LogP contribution in [0.1, 0.15) is 21.7 Å². The summed E-state index contributed by atoms with van der Waals surface area (Å²) in [6.45, 7) is 2.36. The van der Waals surface area contributed by atoms with E-state index in [1.165, 1.54) is 0 Å². The van der Waals surface area contributed by atoms with Crippen molar-refractivity contribution in [3.63, 3.8) is 0 Å². The zero-order valence-electron chi connectivity index (χ0n) is 14.9. The topological polar surface area (TPSA) is 60.7 Å². The molecular formula is C20H20BrNO4. The van der Waals surface area contributed by atoms with Gasteiger partial charge in [-0.2, -0.15) is 0 Å². The highest BCUT2D eigenvalue weighted by molar-refractivity contribution is 9.10. The van der Waals surface area contributed by atoms with Crippen LogP contribution >= 0.6 is 15.9 Å². The molecule has 0 radical (unpaired) electrons. The highest BCUT2D eigenvalue weighted by atomic mass is 79.9. The van der Waals surface area contributed by atoms with Gasteiger partial charge < -0.3 is 19.2 Å². The van der Waals surface area contributed by atoms with Crippen LogP contribution in [-0.4, -0.2) is 26.7 Å². The molecule has 136 valence electrons. The van der Waals surface area contributed by atoms with E-state index in [0.717, 1.165) is 32.5 Å². The number of carbonyl (C=O) groups excluding carboxylic acids is 1. The van der Waals surface area contributed by atoms with Crippen molar-refractivity contribution in [2.45, 2.75) is 13.3 Å². The summed E-state index contributed by atoms with van der Waals surface area (Å²) in [7, 11) is 3.23. The lowest BCUT2D eigenvalue weighted by atomic mass is 10.1. The molecule has 2 aromatic carbocycles. The van der Waals surface area contributed by atoms with Crippen LogP contribution in [0.4, 0.5) is 0 Å². The van der Waals surface area contributed by atoms with Crippen LogP contribution in [0.15, 0.2) is 45.3 Å². The van der Waals surface area contributed by atoms with Gasteiger partial charge in [-0.05, 0) is 43.2 Å². The Labute approximate surface area is 160 Å². The van der Waals surface area contributed by atoms with Crippen molar-refractivity contribution >= 4 is 32.8 Å². The largest absolute Gasteiger partial charge is 0.497 e. The van der Waals surface area contributed by atoms with E-state index < -0.39 is 0 Å². The highest BCUT2D eigenvalue weighted by Crippen LogP contribution is 2.28. The van der Waals surface area contributed by atoms with Crippen molar-refractivity contribution in [2.75, 3.05) is 20.8 Å². The highest BCUT2D eigenvalue weighted by Gasteiger charge is 2.17. The zero-order valence-corrected chi connectivity index (χ0v) is 16.5. The molecule has 26 heavy (non-hydrogen) atoms. The second-order valence-corrected chi connectivity index (χ2v) is 6.80. The molecule has 0 saturated heterocycles. The monoisotopic (exact) mass is 417 g/mol. The number of hydrogen-bond acceptors (Lipinski definition) is 4. The van der Waals surface area contributed by atoms with E-state index >= 15 is 0 Å². The predicted molar refractivity (Wildman–Crippen MR) is 104 cm³/mol. The molecule has 0 aliphatic heterocycles. The second-order valence-electron chi connectivity index (χ2n) is 5.88. The fraction of sp³-hybridized carbons (Fsp3) is 0.250. The normalized spacial score (nSPS) is 10.8. The summed E-state index contributed by atoms with van der Waals surface area (Å²) in [5, 5.41) is 3.84. The van der Waals surface area contributed by atoms with Crippen LogP contribution in [0.3, 0.4) is 0 Å². The van der Waals surface area contributed by atoms with Crippen LogP contribution in [0.5, 0.6) is 11.5 Å². The van der Waals surface area contributed by atoms with Crippen LogP contribution in [0.25, 0.3) is 11.0 Å². The van der Waals surface area contributed by atoms with Crippen molar-refractivity contribution < 1.29 is 18.7 Å². The number of furan rings is 1. The molecule has 5 nitrogen and oxygen atoms in total. The average molecular weight is 418 g/mol. The maximum Gasteiger partial charge on any atom is 0.287 e. The third-order valence-electron chi connectivity index (χ3n) is 4.28. The maximum atomic E-state index is 12.5. The second kappa shape index (κ2) is 7.83.